The third-order valence-corrected chi connectivity index (χ3v) is 11.7. The Morgan fingerprint density at radius 2 is 1.38 bits per heavy atom. The monoisotopic (exact) mass is 775 g/mol. The number of likely N-dealkylation sites (N-methyl/N-ethyl adjacent to an activating group) is 1. The second-order valence-electron chi connectivity index (χ2n) is 13.9. The van der Waals surface area contributed by atoms with Crippen molar-refractivity contribution < 1.29 is 37.4 Å². The van der Waals surface area contributed by atoms with E-state index in [-0.39, 0.29) is 41.9 Å². The normalized spacial score (nSPS) is 13.3. The minimum atomic E-state index is -4.00. The molecule has 290 valence electrons. The van der Waals surface area contributed by atoms with Gasteiger partial charge in [0.1, 0.15) is 24.5 Å². The molecule has 0 atom stereocenters. The molecule has 6 rings (SSSR count). The molecule has 1 aliphatic heterocycles. The smallest absolute Gasteiger partial charge is 0.407 e. The molecule has 0 aromatic heterocycles. The summed E-state index contributed by atoms with van der Waals surface area (Å²) in [6.45, 7) is 2.62. The molecular formula is C44H45N3O8S. The number of hydrogen-bond donors (Lipinski definition) is 1. The van der Waals surface area contributed by atoms with Gasteiger partial charge in [-0.2, -0.15) is 4.31 Å². The molecule has 12 heteroatoms. The van der Waals surface area contributed by atoms with Gasteiger partial charge < -0.3 is 24.4 Å². The van der Waals surface area contributed by atoms with Gasteiger partial charge in [0.05, 0.1) is 18.0 Å². The number of carbonyl (C=O) groups excluding carboxylic acids is 2. The molecule has 0 aliphatic carbocycles. The van der Waals surface area contributed by atoms with Gasteiger partial charge in [-0.05, 0) is 72.2 Å². The highest BCUT2D eigenvalue weighted by atomic mass is 32.2. The summed E-state index contributed by atoms with van der Waals surface area (Å²) in [6, 6.07) is 37.9. The van der Waals surface area contributed by atoms with Crippen molar-refractivity contribution in [3.8, 4) is 5.75 Å². The Morgan fingerprint density at radius 3 is 1.98 bits per heavy atom. The first-order valence-corrected chi connectivity index (χ1v) is 19.8. The number of aryl methyl sites for hydroxylation is 1. The Balaban J connectivity index is 1.30. The van der Waals surface area contributed by atoms with E-state index in [1.807, 2.05) is 91.9 Å². The molecule has 1 N–H and O–H groups in total. The number of anilines is 1. The fourth-order valence-electron chi connectivity index (χ4n) is 6.56. The third kappa shape index (κ3) is 10.0. The highest BCUT2D eigenvalue weighted by Crippen LogP contribution is 2.31. The summed E-state index contributed by atoms with van der Waals surface area (Å²) in [6.07, 6.45) is 0.514. The predicted octanol–water partition coefficient (Wildman–Crippen LogP) is 7.64. The first-order chi connectivity index (χ1) is 27.0. The fraction of sp³-hybridized carbons (Fsp3) is 0.250. The quantitative estimate of drug-likeness (QED) is 0.114. The number of sulfonamides is 1. The van der Waals surface area contributed by atoms with Crippen LogP contribution in [0.25, 0.3) is 0 Å². The molecule has 1 heterocycles. The largest absolute Gasteiger partial charge is 0.488 e. The van der Waals surface area contributed by atoms with E-state index in [1.165, 1.54) is 29.0 Å². The maximum atomic E-state index is 14.3. The Kier molecular flexibility index (Phi) is 12.8. The molecule has 1 saturated heterocycles. The number of ether oxygens (including phenoxy) is 2. The Morgan fingerprint density at radius 1 is 0.768 bits per heavy atom. The highest BCUT2D eigenvalue weighted by molar-refractivity contribution is 7.89. The summed E-state index contributed by atoms with van der Waals surface area (Å²) in [5.74, 6) is -0.695. The maximum absolute atomic E-state index is 14.3. The van der Waals surface area contributed by atoms with Crippen LogP contribution in [0.3, 0.4) is 0 Å². The van der Waals surface area contributed by atoms with E-state index in [4.69, 9.17) is 9.47 Å². The molecule has 0 bridgehead atoms. The van der Waals surface area contributed by atoms with Crippen LogP contribution in [0.1, 0.15) is 56.9 Å². The molecule has 0 unspecified atom stereocenters. The van der Waals surface area contributed by atoms with Crippen molar-refractivity contribution >= 4 is 33.7 Å². The summed E-state index contributed by atoms with van der Waals surface area (Å²) < 4.78 is 40.0. The second-order valence-corrected chi connectivity index (χ2v) is 15.9. The van der Waals surface area contributed by atoms with E-state index in [1.54, 1.807) is 30.3 Å². The van der Waals surface area contributed by atoms with Crippen molar-refractivity contribution in [3.63, 3.8) is 0 Å². The maximum Gasteiger partial charge on any atom is 0.407 e. The van der Waals surface area contributed by atoms with E-state index >= 15 is 0 Å². The topological polar surface area (TPSA) is 134 Å². The molecule has 1 fully saturated rings. The van der Waals surface area contributed by atoms with Crippen LogP contribution in [0.15, 0.2) is 132 Å². The van der Waals surface area contributed by atoms with Crippen LogP contribution in [0, 0.1) is 6.92 Å². The van der Waals surface area contributed by atoms with Gasteiger partial charge in [0.2, 0.25) is 15.9 Å². The fourth-order valence-corrected chi connectivity index (χ4v) is 7.68. The molecule has 2 amide bonds. The van der Waals surface area contributed by atoms with Crippen molar-refractivity contribution in [1.29, 1.82) is 0 Å². The average molecular weight is 776 g/mol. The minimum absolute atomic E-state index is 0.0562. The molecule has 5 aromatic rings. The lowest BCUT2D eigenvalue weighted by molar-refractivity contribution is -0.118. The number of benzene rings is 5. The standard InChI is InChI=1S/C44H45N3O8S/c1-32-13-20-39(21-14-32)56(52,53)45(2)29-42(48)47(28-33-15-17-36(18-16-33)37-23-25-46(26-24-37)44(50)51)38-19-22-40(43(49)55-31-35-11-7-4-8-12-35)41(27-38)54-30-34-9-5-3-6-10-34/h3-22,27,37H,23-26,28-31H2,1-2H3,(H,50,51). The zero-order chi connectivity index (χ0) is 39.7. The van der Waals surface area contributed by atoms with E-state index < -0.39 is 34.5 Å². The summed E-state index contributed by atoms with van der Waals surface area (Å²) in [5, 5.41) is 9.36. The van der Waals surface area contributed by atoms with Crippen molar-refractivity contribution in [3.05, 3.63) is 161 Å². The van der Waals surface area contributed by atoms with Crippen LogP contribution >= 0.6 is 0 Å². The van der Waals surface area contributed by atoms with Crippen LogP contribution < -0.4 is 9.64 Å². The zero-order valence-electron chi connectivity index (χ0n) is 31.4. The number of hydrogen-bond acceptors (Lipinski definition) is 7. The van der Waals surface area contributed by atoms with Crippen molar-refractivity contribution in [2.24, 2.45) is 0 Å². The number of rotatable bonds is 14. The van der Waals surface area contributed by atoms with E-state index in [0.717, 1.165) is 32.1 Å². The Labute approximate surface area is 327 Å². The van der Waals surface area contributed by atoms with E-state index in [2.05, 4.69) is 0 Å². The minimum Gasteiger partial charge on any atom is -0.488 e. The predicted molar refractivity (Wildman–Crippen MR) is 213 cm³/mol. The van der Waals surface area contributed by atoms with E-state index in [0.29, 0.717) is 31.6 Å². The first-order valence-electron chi connectivity index (χ1n) is 18.4. The summed E-state index contributed by atoms with van der Waals surface area (Å²) in [4.78, 5) is 42.2. The molecule has 0 saturated carbocycles. The van der Waals surface area contributed by atoms with Crippen molar-refractivity contribution in [2.45, 2.75) is 50.3 Å². The lowest BCUT2D eigenvalue weighted by Crippen LogP contribution is -2.41. The van der Waals surface area contributed by atoms with Gasteiger partial charge >= 0.3 is 12.1 Å². The number of carboxylic acid groups (broad SMARTS) is 1. The average Bonchev–Trinajstić information content (AvgIpc) is 3.22. The second kappa shape index (κ2) is 18.1. The number of nitrogens with zero attached hydrogens (tertiary/aromatic N) is 3. The van der Waals surface area contributed by atoms with Crippen molar-refractivity contribution in [2.75, 3.05) is 31.6 Å². The van der Waals surface area contributed by atoms with Crippen LogP contribution in [0.2, 0.25) is 0 Å². The lowest BCUT2D eigenvalue weighted by atomic mass is 9.89. The molecule has 0 radical (unpaired) electrons. The number of esters is 1. The number of likely N-dealkylation sites (tertiary alicyclic amines) is 1. The lowest BCUT2D eigenvalue weighted by Gasteiger charge is -2.30. The Bertz CT molecular complexity index is 2220. The van der Waals surface area contributed by atoms with Crippen LogP contribution in [0.4, 0.5) is 10.5 Å². The molecule has 11 nitrogen and oxygen atoms in total. The highest BCUT2D eigenvalue weighted by Gasteiger charge is 2.28. The SMILES string of the molecule is Cc1ccc(S(=O)(=O)N(C)CC(=O)N(Cc2ccc(C3CCN(C(=O)O)CC3)cc2)c2ccc(C(=O)OCc3ccccc3)c(OCc3ccccc3)c2)cc1. The number of carbonyl (C=O) groups is 3. The molecule has 5 aromatic carbocycles. The van der Waals surface area contributed by atoms with Gasteiger partial charge in [-0.15, -0.1) is 0 Å². The first kappa shape index (κ1) is 39.7. The summed E-state index contributed by atoms with van der Waals surface area (Å²) >= 11 is 0. The van der Waals surface area contributed by atoms with Crippen LogP contribution in [0.5, 0.6) is 5.75 Å². The number of piperidine rings is 1. The summed E-state index contributed by atoms with van der Waals surface area (Å²) in [5.41, 5.74) is 5.02. The molecule has 1 aliphatic rings. The van der Waals surface area contributed by atoms with Gasteiger partial charge in [0, 0.05) is 31.9 Å². The van der Waals surface area contributed by atoms with Gasteiger partial charge in [0.25, 0.3) is 0 Å². The Hall–Kier alpha value is -5.98. The van der Waals surface area contributed by atoms with Crippen LogP contribution in [-0.4, -0.2) is 67.4 Å². The molecule has 0 spiro atoms. The molecule has 56 heavy (non-hydrogen) atoms. The van der Waals surface area contributed by atoms with Gasteiger partial charge in [-0.25, -0.2) is 18.0 Å². The van der Waals surface area contributed by atoms with Crippen LogP contribution in [-0.2, 0) is 39.3 Å². The van der Waals surface area contributed by atoms with Gasteiger partial charge in [-0.3, -0.25) is 4.79 Å². The molecular weight excluding hydrogens is 731 g/mol. The van der Waals surface area contributed by atoms with Gasteiger partial charge in [0.15, 0.2) is 0 Å². The van der Waals surface area contributed by atoms with Crippen molar-refractivity contribution in [1.82, 2.24) is 9.21 Å². The number of amides is 2. The van der Waals surface area contributed by atoms with E-state index in [9.17, 15) is 27.9 Å². The summed E-state index contributed by atoms with van der Waals surface area (Å²) in [7, 11) is -2.63. The zero-order valence-corrected chi connectivity index (χ0v) is 32.2. The van der Waals surface area contributed by atoms with Gasteiger partial charge in [-0.1, -0.05) is 103 Å². The third-order valence-electron chi connectivity index (χ3n) is 9.89.